The molecule has 72 valence electrons. The zero-order valence-electron chi connectivity index (χ0n) is 6.94. The van der Waals surface area contributed by atoms with Gasteiger partial charge in [-0.1, -0.05) is 0 Å². The van der Waals surface area contributed by atoms with E-state index in [0.717, 1.165) is 5.56 Å². The minimum atomic E-state index is -2.61. The molecule has 0 amide bonds. The van der Waals surface area contributed by atoms with Crippen LogP contribution < -0.4 is 15.7 Å². The first-order valence-corrected chi connectivity index (χ1v) is 4.44. The highest BCUT2D eigenvalue weighted by Crippen LogP contribution is 2.27. The van der Waals surface area contributed by atoms with Gasteiger partial charge in [0, 0.05) is 5.69 Å². The van der Waals surface area contributed by atoms with Crippen LogP contribution in [-0.2, 0) is 11.4 Å². The van der Waals surface area contributed by atoms with Crippen LogP contribution in [0.15, 0.2) is 12.1 Å². The SMILES string of the molecule is Cc1cc(OS(=O)[O-])c(N)cc1N. The van der Waals surface area contributed by atoms with E-state index < -0.39 is 11.4 Å². The topological polar surface area (TPSA) is 101 Å². The van der Waals surface area contributed by atoms with Crippen LogP contribution in [0.1, 0.15) is 5.56 Å². The number of anilines is 2. The minimum absolute atomic E-state index is 0.0973. The Hall–Kier alpha value is -1.27. The van der Waals surface area contributed by atoms with Crippen LogP contribution in [0.3, 0.4) is 0 Å². The predicted molar refractivity (Wildman–Crippen MR) is 49.6 cm³/mol. The third kappa shape index (κ3) is 2.33. The summed E-state index contributed by atoms with van der Waals surface area (Å²) in [7, 11) is 0. The number of nitrogens with two attached hydrogens (primary N) is 2. The number of benzene rings is 1. The Balaban J connectivity index is 3.08. The van der Waals surface area contributed by atoms with Gasteiger partial charge >= 0.3 is 0 Å². The molecule has 0 aliphatic rings. The third-order valence-electron chi connectivity index (χ3n) is 1.56. The summed E-state index contributed by atoms with van der Waals surface area (Å²) in [6, 6.07) is 2.93. The summed E-state index contributed by atoms with van der Waals surface area (Å²) in [4.78, 5) is 0. The van der Waals surface area contributed by atoms with Crippen LogP contribution >= 0.6 is 0 Å². The maximum absolute atomic E-state index is 10.2. The molecule has 5 nitrogen and oxygen atoms in total. The smallest absolute Gasteiger partial charge is 0.162 e. The molecule has 0 aliphatic carbocycles. The molecule has 0 fully saturated rings. The Morgan fingerprint density at radius 1 is 1.38 bits per heavy atom. The van der Waals surface area contributed by atoms with Gasteiger partial charge < -0.3 is 20.2 Å². The van der Waals surface area contributed by atoms with Crippen LogP contribution in [0.5, 0.6) is 5.75 Å². The maximum Gasteiger partial charge on any atom is 0.162 e. The zero-order valence-corrected chi connectivity index (χ0v) is 7.76. The van der Waals surface area contributed by atoms with Crippen molar-refractivity contribution in [2.75, 3.05) is 11.5 Å². The summed E-state index contributed by atoms with van der Waals surface area (Å²) in [5.74, 6) is 0.0973. The van der Waals surface area contributed by atoms with Gasteiger partial charge in [-0.2, -0.15) is 0 Å². The largest absolute Gasteiger partial charge is 0.740 e. The lowest BCUT2D eigenvalue weighted by Gasteiger charge is -2.11. The van der Waals surface area contributed by atoms with Crippen molar-refractivity contribution in [2.24, 2.45) is 0 Å². The van der Waals surface area contributed by atoms with E-state index >= 15 is 0 Å². The number of hydrogen-bond acceptors (Lipinski definition) is 5. The Labute approximate surface area is 78.2 Å². The molecule has 1 rings (SSSR count). The summed E-state index contributed by atoms with van der Waals surface area (Å²) in [6.07, 6.45) is 0. The van der Waals surface area contributed by atoms with Crippen molar-refractivity contribution < 1.29 is 12.9 Å². The van der Waals surface area contributed by atoms with E-state index in [4.69, 9.17) is 11.5 Å². The van der Waals surface area contributed by atoms with Gasteiger partial charge in [-0.3, -0.25) is 0 Å². The van der Waals surface area contributed by atoms with Gasteiger partial charge in [-0.25, -0.2) is 4.21 Å². The van der Waals surface area contributed by atoms with Crippen molar-refractivity contribution >= 4 is 22.7 Å². The highest BCUT2D eigenvalue weighted by molar-refractivity contribution is 7.74. The number of rotatable bonds is 2. The molecule has 0 spiro atoms. The average molecular weight is 201 g/mol. The molecular weight excluding hydrogens is 192 g/mol. The molecule has 1 aromatic carbocycles. The van der Waals surface area contributed by atoms with Gasteiger partial charge in [0.05, 0.1) is 5.69 Å². The minimum Gasteiger partial charge on any atom is -0.740 e. The molecule has 13 heavy (non-hydrogen) atoms. The normalized spacial score (nSPS) is 12.5. The number of hydrogen-bond donors (Lipinski definition) is 2. The van der Waals surface area contributed by atoms with Gasteiger partial charge in [0.1, 0.15) is 11.4 Å². The summed E-state index contributed by atoms with van der Waals surface area (Å²) in [5, 5.41) is 0. The van der Waals surface area contributed by atoms with Gasteiger partial charge in [0.15, 0.2) is 5.75 Å². The summed E-state index contributed by atoms with van der Waals surface area (Å²) < 4.78 is 24.8. The van der Waals surface area contributed by atoms with Crippen molar-refractivity contribution in [1.29, 1.82) is 0 Å². The number of nitrogen functional groups attached to an aromatic ring is 2. The fourth-order valence-electron chi connectivity index (χ4n) is 0.861. The quantitative estimate of drug-likeness (QED) is 0.530. The van der Waals surface area contributed by atoms with E-state index in [0.29, 0.717) is 5.69 Å². The van der Waals surface area contributed by atoms with E-state index in [1.165, 1.54) is 12.1 Å². The van der Waals surface area contributed by atoms with Gasteiger partial charge in [-0.05, 0) is 24.6 Å². The van der Waals surface area contributed by atoms with Crippen LogP contribution in [0.25, 0.3) is 0 Å². The van der Waals surface area contributed by atoms with Crippen LogP contribution in [-0.4, -0.2) is 8.76 Å². The van der Waals surface area contributed by atoms with E-state index in [9.17, 15) is 8.76 Å². The first-order valence-electron chi connectivity index (χ1n) is 3.44. The Kier molecular flexibility index (Phi) is 2.74. The molecule has 0 bridgehead atoms. The molecule has 4 N–H and O–H groups in total. The van der Waals surface area contributed by atoms with Crippen LogP contribution in [0.4, 0.5) is 11.4 Å². The predicted octanol–water partition coefficient (Wildman–Crippen LogP) is 0.332. The lowest BCUT2D eigenvalue weighted by molar-refractivity contribution is 0.441. The van der Waals surface area contributed by atoms with E-state index in [-0.39, 0.29) is 11.4 Å². The maximum atomic E-state index is 10.2. The van der Waals surface area contributed by atoms with Crippen molar-refractivity contribution in [1.82, 2.24) is 0 Å². The fraction of sp³-hybridized carbons (Fsp3) is 0.143. The highest BCUT2D eigenvalue weighted by atomic mass is 32.2. The fourth-order valence-corrected chi connectivity index (χ4v) is 1.15. The van der Waals surface area contributed by atoms with Crippen LogP contribution in [0, 0.1) is 6.92 Å². The average Bonchev–Trinajstić information content (AvgIpc) is 1.99. The van der Waals surface area contributed by atoms with Crippen molar-refractivity contribution in [2.45, 2.75) is 6.92 Å². The first kappa shape index (κ1) is 9.82. The Bertz CT molecular complexity index is 354. The second-order valence-electron chi connectivity index (χ2n) is 2.53. The molecule has 0 saturated carbocycles. The first-order chi connectivity index (χ1) is 6.00. The lowest BCUT2D eigenvalue weighted by atomic mass is 10.2. The van der Waals surface area contributed by atoms with Gasteiger partial charge in [0.25, 0.3) is 0 Å². The number of aryl methyl sites for hydroxylation is 1. The zero-order chi connectivity index (χ0) is 10.0. The summed E-state index contributed by atoms with van der Waals surface area (Å²) >= 11 is -2.61. The van der Waals surface area contributed by atoms with E-state index in [2.05, 4.69) is 4.18 Å². The molecule has 0 heterocycles. The Morgan fingerprint density at radius 3 is 2.54 bits per heavy atom. The highest BCUT2D eigenvalue weighted by Gasteiger charge is 2.04. The van der Waals surface area contributed by atoms with Crippen molar-refractivity contribution in [3.05, 3.63) is 17.7 Å². The molecule has 1 atom stereocenters. The second kappa shape index (κ2) is 3.63. The lowest BCUT2D eigenvalue weighted by Crippen LogP contribution is -2.02. The molecule has 0 aromatic heterocycles. The van der Waals surface area contributed by atoms with Crippen molar-refractivity contribution in [3.8, 4) is 5.75 Å². The molecule has 6 heteroatoms. The molecule has 1 aromatic rings. The summed E-state index contributed by atoms with van der Waals surface area (Å²) in [5.41, 5.74) is 12.4. The summed E-state index contributed by atoms with van der Waals surface area (Å²) in [6.45, 7) is 1.73. The Morgan fingerprint density at radius 2 is 2.00 bits per heavy atom. The van der Waals surface area contributed by atoms with Gasteiger partial charge in [0.2, 0.25) is 0 Å². The molecule has 0 saturated heterocycles. The molecular formula is C7H9N2O3S-. The third-order valence-corrected chi connectivity index (χ3v) is 1.87. The van der Waals surface area contributed by atoms with Gasteiger partial charge in [-0.15, -0.1) is 0 Å². The standard InChI is InChI=1S/C7H10N2O3S/c1-4-2-7(12-13(10)11)6(9)3-5(4)8/h2-3H,8-9H2,1H3,(H,10,11)/p-1. The van der Waals surface area contributed by atoms with Crippen LogP contribution in [0.2, 0.25) is 0 Å². The van der Waals surface area contributed by atoms with E-state index in [1.807, 2.05) is 0 Å². The second-order valence-corrected chi connectivity index (χ2v) is 3.11. The van der Waals surface area contributed by atoms with Crippen molar-refractivity contribution in [3.63, 3.8) is 0 Å². The molecule has 0 radical (unpaired) electrons. The monoisotopic (exact) mass is 201 g/mol. The molecule has 0 aliphatic heterocycles. The molecule has 1 unspecified atom stereocenters. The van der Waals surface area contributed by atoms with E-state index in [1.54, 1.807) is 6.92 Å².